The lowest BCUT2D eigenvalue weighted by Crippen LogP contribution is -2.48. The first-order valence-corrected chi connectivity index (χ1v) is 11.3. The molecule has 1 aromatic heterocycles. The number of piperazine rings is 1. The van der Waals surface area contributed by atoms with E-state index < -0.39 is 0 Å². The summed E-state index contributed by atoms with van der Waals surface area (Å²) in [4.78, 5) is 18.2. The summed E-state index contributed by atoms with van der Waals surface area (Å²) in [6.45, 7) is 7.78. The van der Waals surface area contributed by atoms with E-state index in [1.807, 2.05) is 4.57 Å². The summed E-state index contributed by atoms with van der Waals surface area (Å²) < 4.78 is 2.05. The van der Waals surface area contributed by atoms with Gasteiger partial charge in [-0.15, -0.1) is 0 Å². The lowest BCUT2D eigenvalue weighted by atomic mass is 9.88. The molecule has 156 valence electrons. The second-order valence-corrected chi connectivity index (χ2v) is 9.06. The Bertz CT molecular complexity index is 1030. The Hall–Kier alpha value is -2.43. The van der Waals surface area contributed by atoms with Gasteiger partial charge >= 0.3 is 0 Å². The van der Waals surface area contributed by atoms with Crippen LogP contribution in [0.5, 0.6) is 0 Å². The van der Waals surface area contributed by atoms with Crippen LogP contribution in [0.25, 0.3) is 10.9 Å². The number of para-hydroxylation sites is 1. The molecule has 0 radical (unpaired) electrons. The van der Waals surface area contributed by atoms with E-state index >= 15 is 0 Å². The molecular formula is C26H31N3O. The molecule has 3 aromatic rings. The van der Waals surface area contributed by atoms with Crippen LogP contribution in [-0.4, -0.2) is 53.0 Å². The van der Waals surface area contributed by atoms with Gasteiger partial charge in [-0.05, 0) is 42.4 Å². The van der Waals surface area contributed by atoms with Gasteiger partial charge in [0, 0.05) is 43.8 Å². The van der Waals surface area contributed by atoms with E-state index in [1.165, 1.54) is 28.6 Å². The van der Waals surface area contributed by atoms with Crippen LogP contribution in [0.15, 0.2) is 54.6 Å². The Balaban J connectivity index is 1.28. The number of aromatic nitrogens is 1. The van der Waals surface area contributed by atoms with Crippen molar-refractivity contribution < 1.29 is 4.79 Å². The van der Waals surface area contributed by atoms with E-state index in [-0.39, 0.29) is 5.91 Å². The average molecular weight is 402 g/mol. The van der Waals surface area contributed by atoms with Crippen LogP contribution >= 0.6 is 0 Å². The fourth-order valence-corrected chi connectivity index (χ4v) is 5.18. The summed E-state index contributed by atoms with van der Waals surface area (Å²) in [5.41, 5.74) is 5.14. The smallest absolute Gasteiger partial charge is 0.245 e. The normalized spacial score (nSPS) is 20.4. The SMILES string of the molecule is CC1CCc2c(c3ccccc3n2C(=O)CN2CCN(Cc3ccccc3)CC2)C1. The van der Waals surface area contributed by atoms with Gasteiger partial charge < -0.3 is 0 Å². The fraction of sp³-hybridized carbons (Fsp3) is 0.423. The maximum Gasteiger partial charge on any atom is 0.245 e. The Kier molecular flexibility index (Phi) is 5.45. The highest BCUT2D eigenvalue weighted by atomic mass is 16.2. The van der Waals surface area contributed by atoms with Gasteiger partial charge in [0.15, 0.2) is 0 Å². The third kappa shape index (κ3) is 3.82. The van der Waals surface area contributed by atoms with E-state index in [0.29, 0.717) is 12.5 Å². The van der Waals surface area contributed by atoms with Crippen molar-refractivity contribution >= 4 is 16.8 Å². The highest BCUT2D eigenvalue weighted by Crippen LogP contribution is 2.34. The van der Waals surface area contributed by atoms with Crippen molar-refractivity contribution in [3.8, 4) is 0 Å². The molecule has 1 fully saturated rings. The van der Waals surface area contributed by atoms with Crippen molar-refractivity contribution in [3.63, 3.8) is 0 Å². The number of benzene rings is 2. The summed E-state index contributed by atoms with van der Waals surface area (Å²) in [7, 11) is 0. The standard InChI is InChI=1S/C26H31N3O/c1-20-11-12-25-23(17-20)22-9-5-6-10-24(22)29(25)26(30)19-28-15-13-27(14-16-28)18-21-7-3-2-4-8-21/h2-10,20H,11-19H2,1H3. The molecule has 0 saturated carbocycles. The maximum absolute atomic E-state index is 13.4. The fourth-order valence-electron chi connectivity index (χ4n) is 5.18. The number of carbonyl (C=O) groups excluding carboxylic acids is 1. The second kappa shape index (κ2) is 8.37. The first-order chi connectivity index (χ1) is 14.7. The molecule has 0 N–H and O–H groups in total. The topological polar surface area (TPSA) is 28.5 Å². The maximum atomic E-state index is 13.4. The summed E-state index contributed by atoms with van der Waals surface area (Å²) in [6.07, 6.45) is 3.28. The van der Waals surface area contributed by atoms with E-state index in [4.69, 9.17) is 0 Å². The molecule has 5 rings (SSSR count). The van der Waals surface area contributed by atoms with Gasteiger partial charge in [-0.2, -0.15) is 0 Å². The zero-order chi connectivity index (χ0) is 20.5. The van der Waals surface area contributed by atoms with Crippen LogP contribution in [0.3, 0.4) is 0 Å². The first kappa shape index (κ1) is 19.5. The highest BCUT2D eigenvalue weighted by molar-refractivity contribution is 5.97. The molecule has 1 unspecified atom stereocenters. The lowest BCUT2D eigenvalue weighted by molar-refractivity contribution is 0.0769. The van der Waals surface area contributed by atoms with E-state index in [1.54, 1.807) is 0 Å². The zero-order valence-electron chi connectivity index (χ0n) is 17.9. The molecule has 1 saturated heterocycles. The minimum Gasteiger partial charge on any atom is -0.297 e. The third-order valence-corrected chi connectivity index (χ3v) is 6.84. The van der Waals surface area contributed by atoms with Crippen molar-refractivity contribution in [2.45, 2.75) is 32.7 Å². The molecule has 1 aliphatic heterocycles. The third-order valence-electron chi connectivity index (χ3n) is 6.84. The van der Waals surface area contributed by atoms with Crippen molar-refractivity contribution in [2.75, 3.05) is 32.7 Å². The van der Waals surface area contributed by atoms with E-state index in [0.717, 1.165) is 51.1 Å². The highest BCUT2D eigenvalue weighted by Gasteiger charge is 2.27. The molecule has 30 heavy (non-hydrogen) atoms. The second-order valence-electron chi connectivity index (χ2n) is 9.06. The Morgan fingerprint density at radius 2 is 1.63 bits per heavy atom. The minimum atomic E-state index is 0.235. The molecule has 2 heterocycles. The average Bonchev–Trinajstić information content (AvgIpc) is 3.10. The van der Waals surface area contributed by atoms with Crippen LogP contribution < -0.4 is 0 Å². The first-order valence-electron chi connectivity index (χ1n) is 11.3. The van der Waals surface area contributed by atoms with Crippen LogP contribution in [0, 0.1) is 5.92 Å². The molecule has 2 aromatic carbocycles. The number of carbonyl (C=O) groups is 1. The quantitative estimate of drug-likeness (QED) is 0.655. The number of hydrogen-bond acceptors (Lipinski definition) is 3. The number of nitrogens with zero attached hydrogens (tertiary/aromatic N) is 3. The van der Waals surface area contributed by atoms with Crippen LogP contribution in [-0.2, 0) is 19.4 Å². The van der Waals surface area contributed by atoms with Crippen molar-refractivity contribution in [2.24, 2.45) is 5.92 Å². The van der Waals surface area contributed by atoms with Crippen molar-refractivity contribution in [1.29, 1.82) is 0 Å². The molecule has 4 heteroatoms. The molecule has 0 bridgehead atoms. The molecular weight excluding hydrogens is 370 g/mol. The predicted molar refractivity (Wildman–Crippen MR) is 122 cm³/mol. The van der Waals surface area contributed by atoms with Crippen molar-refractivity contribution in [3.05, 3.63) is 71.4 Å². The molecule has 0 spiro atoms. The van der Waals surface area contributed by atoms with Gasteiger partial charge in [-0.1, -0.05) is 55.5 Å². The van der Waals surface area contributed by atoms with Gasteiger partial charge in [-0.3, -0.25) is 19.2 Å². The van der Waals surface area contributed by atoms with Gasteiger partial charge in [0.1, 0.15) is 0 Å². The van der Waals surface area contributed by atoms with Crippen molar-refractivity contribution in [1.82, 2.24) is 14.4 Å². The molecule has 1 aliphatic carbocycles. The Labute approximate surface area is 179 Å². The zero-order valence-corrected chi connectivity index (χ0v) is 17.9. The number of hydrogen-bond donors (Lipinski definition) is 0. The number of fused-ring (bicyclic) bond motifs is 3. The predicted octanol–water partition coefficient (Wildman–Crippen LogP) is 4.22. The lowest BCUT2D eigenvalue weighted by Gasteiger charge is -2.34. The van der Waals surface area contributed by atoms with Gasteiger partial charge in [0.05, 0.1) is 12.1 Å². The number of rotatable bonds is 4. The Morgan fingerprint density at radius 1 is 0.933 bits per heavy atom. The van der Waals surface area contributed by atoms with Crippen LogP contribution in [0.4, 0.5) is 0 Å². The largest absolute Gasteiger partial charge is 0.297 e. The summed E-state index contributed by atoms with van der Waals surface area (Å²) in [5.74, 6) is 0.933. The van der Waals surface area contributed by atoms with Gasteiger partial charge in [0.2, 0.25) is 5.91 Å². The Morgan fingerprint density at radius 3 is 2.43 bits per heavy atom. The van der Waals surface area contributed by atoms with E-state index in [9.17, 15) is 4.79 Å². The van der Waals surface area contributed by atoms with Crippen LogP contribution in [0.2, 0.25) is 0 Å². The molecule has 0 amide bonds. The summed E-state index contributed by atoms with van der Waals surface area (Å²) >= 11 is 0. The summed E-state index contributed by atoms with van der Waals surface area (Å²) in [6, 6.07) is 19.1. The van der Waals surface area contributed by atoms with Crippen LogP contribution in [0.1, 0.15) is 35.0 Å². The minimum absolute atomic E-state index is 0.235. The molecule has 1 atom stereocenters. The molecule has 2 aliphatic rings. The van der Waals surface area contributed by atoms with E-state index in [2.05, 4.69) is 71.3 Å². The van der Waals surface area contributed by atoms with Gasteiger partial charge in [0.25, 0.3) is 0 Å². The molecule has 4 nitrogen and oxygen atoms in total. The van der Waals surface area contributed by atoms with Gasteiger partial charge in [-0.25, -0.2) is 0 Å². The summed E-state index contributed by atoms with van der Waals surface area (Å²) in [5, 5.41) is 1.28. The monoisotopic (exact) mass is 401 g/mol.